The summed E-state index contributed by atoms with van der Waals surface area (Å²) in [4.78, 5) is 11.3. The van der Waals surface area contributed by atoms with Crippen molar-refractivity contribution in [3.8, 4) is 11.1 Å². The lowest BCUT2D eigenvalue weighted by molar-refractivity contribution is -0.156. The highest BCUT2D eigenvalue weighted by Gasteiger charge is 2.39. The molecule has 0 bridgehead atoms. The zero-order valence-electron chi connectivity index (χ0n) is 16.1. The van der Waals surface area contributed by atoms with Crippen LogP contribution in [-0.2, 0) is 11.2 Å². The first kappa shape index (κ1) is 21.5. The first-order valence-electron chi connectivity index (χ1n) is 9.88. The molecule has 0 aliphatic carbocycles. The lowest BCUT2D eigenvalue weighted by Crippen LogP contribution is -2.40. The summed E-state index contributed by atoms with van der Waals surface area (Å²) in [5, 5.41) is 5.02. The first-order chi connectivity index (χ1) is 14.3. The maximum absolute atomic E-state index is 10.4. The molecule has 1 saturated heterocycles. The van der Waals surface area contributed by atoms with Gasteiger partial charge >= 0.3 is 6.18 Å². The molecule has 0 unspecified atom stereocenters. The van der Waals surface area contributed by atoms with Crippen LogP contribution in [0.1, 0.15) is 23.5 Å². The van der Waals surface area contributed by atoms with E-state index < -0.39 is 12.5 Å². The van der Waals surface area contributed by atoms with Crippen molar-refractivity contribution in [3.05, 3.63) is 51.5 Å². The van der Waals surface area contributed by atoms with Gasteiger partial charge in [0.1, 0.15) is 0 Å². The smallest absolute Gasteiger partial charge is 0.371 e. The number of nitrogens with zero attached hydrogens (tertiary/aromatic N) is 1. The van der Waals surface area contributed by atoms with Crippen LogP contribution in [0.25, 0.3) is 11.1 Å². The number of aryl methyl sites for hydroxylation is 1. The number of rotatable bonds is 1. The van der Waals surface area contributed by atoms with Gasteiger partial charge in [-0.05, 0) is 59.7 Å². The second-order valence-electron chi connectivity index (χ2n) is 7.93. The third-order valence-corrected chi connectivity index (χ3v) is 6.53. The Morgan fingerprint density at radius 3 is 2.60 bits per heavy atom. The van der Waals surface area contributed by atoms with E-state index in [2.05, 4.69) is 22.3 Å². The van der Waals surface area contributed by atoms with Crippen LogP contribution in [-0.4, -0.2) is 38.6 Å². The number of nitrogens with one attached hydrogen (secondary N) is 1. The monoisotopic (exact) mass is 456 g/mol. The summed E-state index contributed by atoms with van der Waals surface area (Å²) in [7, 11) is 0. The third kappa shape index (κ3) is 4.32. The predicted octanol–water partition coefficient (Wildman–Crippen LogP) is 5.48. The average Bonchev–Trinajstić information content (AvgIpc) is 3.17. The summed E-state index contributed by atoms with van der Waals surface area (Å²) in [6.45, 7) is 4.65. The fourth-order valence-electron chi connectivity index (χ4n) is 4.78. The van der Waals surface area contributed by atoms with Crippen LogP contribution in [0.15, 0.2) is 30.3 Å². The molecule has 160 valence electrons. The Bertz CT molecular complexity index is 964. The second kappa shape index (κ2) is 8.40. The molecule has 0 spiro atoms. The van der Waals surface area contributed by atoms with Gasteiger partial charge < -0.3 is 10.2 Å². The number of carbonyl (C=O) groups excluding carboxylic acids is 1. The molecular weight excluding hydrogens is 436 g/mol. The van der Waals surface area contributed by atoms with Crippen molar-refractivity contribution in [1.29, 1.82) is 0 Å². The number of carbonyl (C=O) groups is 1. The molecule has 0 amide bonds. The Kier molecular flexibility index (Phi) is 6.02. The van der Waals surface area contributed by atoms with E-state index in [1.165, 1.54) is 48.3 Å². The zero-order valence-corrected chi connectivity index (χ0v) is 17.6. The Labute approximate surface area is 183 Å². The van der Waals surface area contributed by atoms with E-state index in [9.17, 15) is 13.2 Å². The molecule has 1 fully saturated rings. The minimum absolute atomic E-state index is 0.638. The molecule has 8 heteroatoms. The fraction of sp³-hybridized carbons (Fsp3) is 0.409. The molecule has 3 aliphatic rings. The maximum atomic E-state index is 10.4. The zero-order chi connectivity index (χ0) is 21.5. The van der Waals surface area contributed by atoms with Gasteiger partial charge in [-0.25, -0.2) is 0 Å². The molecule has 3 nitrogen and oxygen atoms in total. The van der Waals surface area contributed by atoms with E-state index in [4.69, 9.17) is 28.0 Å². The van der Waals surface area contributed by atoms with Crippen molar-refractivity contribution >= 4 is 35.2 Å². The second-order valence-corrected chi connectivity index (χ2v) is 8.77. The van der Waals surface area contributed by atoms with Crippen LogP contribution in [0.3, 0.4) is 0 Å². The number of anilines is 1. The Hall–Kier alpha value is -1.76. The summed E-state index contributed by atoms with van der Waals surface area (Å²) >= 11 is 12.6. The highest BCUT2D eigenvalue weighted by atomic mass is 35.5. The number of alkyl halides is 3. The molecule has 0 radical (unpaired) electrons. The maximum Gasteiger partial charge on any atom is 0.446 e. The van der Waals surface area contributed by atoms with E-state index in [1.807, 2.05) is 18.2 Å². The number of halogens is 5. The van der Waals surface area contributed by atoms with Crippen molar-refractivity contribution in [2.24, 2.45) is 5.92 Å². The number of hydrogen-bond donors (Lipinski definition) is 1. The van der Waals surface area contributed by atoms with Crippen molar-refractivity contribution in [2.75, 3.05) is 31.1 Å². The summed E-state index contributed by atoms with van der Waals surface area (Å²) in [6, 6.07) is 10.6. The molecule has 1 N–H and O–H groups in total. The van der Waals surface area contributed by atoms with Crippen LogP contribution in [0, 0.1) is 5.92 Å². The minimum atomic E-state index is -4.64. The number of fused-ring (bicyclic) bond motifs is 2. The summed E-state index contributed by atoms with van der Waals surface area (Å²) in [5.74, 6) is 1.37. The molecule has 2 aromatic rings. The Morgan fingerprint density at radius 2 is 1.90 bits per heavy atom. The third-order valence-electron chi connectivity index (χ3n) is 5.98. The largest absolute Gasteiger partial charge is 0.446 e. The van der Waals surface area contributed by atoms with Gasteiger partial charge in [0, 0.05) is 53.4 Å². The van der Waals surface area contributed by atoms with Gasteiger partial charge in [-0.2, -0.15) is 13.2 Å². The van der Waals surface area contributed by atoms with E-state index in [-0.39, 0.29) is 0 Å². The summed E-state index contributed by atoms with van der Waals surface area (Å²) in [6.07, 6.45) is -3.29. The average molecular weight is 457 g/mol. The van der Waals surface area contributed by atoms with Gasteiger partial charge in [0.05, 0.1) is 0 Å². The fourth-order valence-corrected chi connectivity index (χ4v) is 5.30. The van der Waals surface area contributed by atoms with Crippen LogP contribution in [0.5, 0.6) is 0 Å². The van der Waals surface area contributed by atoms with Gasteiger partial charge in [0.15, 0.2) is 0 Å². The van der Waals surface area contributed by atoms with Crippen molar-refractivity contribution in [1.82, 2.24) is 5.32 Å². The molecule has 3 heterocycles. The quantitative estimate of drug-likeness (QED) is 0.576. The lowest BCUT2D eigenvalue weighted by atomic mass is 9.79. The number of hydrogen-bond acceptors (Lipinski definition) is 3. The minimum Gasteiger partial charge on any atom is -0.371 e. The number of aldehydes is 1. The summed E-state index contributed by atoms with van der Waals surface area (Å²) < 4.78 is 31.2. The van der Waals surface area contributed by atoms with Crippen LogP contribution < -0.4 is 10.2 Å². The van der Waals surface area contributed by atoms with E-state index in [1.54, 1.807) is 0 Å². The van der Waals surface area contributed by atoms with Crippen LogP contribution in [0.2, 0.25) is 10.0 Å². The van der Waals surface area contributed by atoms with E-state index in [0.717, 1.165) is 29.6 Å². The summed E-state index contributed by atoms with van der Waals surface area (Å²) in [5.41, 5.74) is 6.85. The van der Waals surface area contributed by atoms with Gasteiger partial charge in [-0.15, -0.1) is 0 Å². The highest BCUT2D eigenvalue weighted by molar-refractivity contribution is 6.36. The molecule has 2 aromatic carbocycles. The molecule has 0 saturated carbocycles. The standard InChI is InChI=1S/C20H20Cl2N2.C2HF3O/c21-15-3-4-16(19(22)8-15)13-6-12-2-1-5-24-11-14-9-23-10-18(14)17(7-13)20(12)24;3-2(4,5)1-6/h3-4,6-8,14,18,23H,1-2,5,9-11H2;1H/t14-,18-;/m1./s1. The Balaban J connectivity index is 0.000000322. The van der Waals surface area contributed by atoms with Crippen LogP contribution >= 0.6 is 23.2 Å². The van der Waals surface area contributed by atoms with Gasteiger partial charge in [0.25, 0.3) is 0 Å². The molecule has 2 atom stereocenters. The molecule has 30 heavy (non-hydrogen) atoms. The van der Waals surface area contributed by atoms with Crippen molar-refractivity contribution in [3.63, 3.8) is 0 Å². The van der Waals surface area contributed by atoms with Crippen molar-refractivity contribution in [2.45, 2.75) is 24.9 Å². The lowest BCUT2D eigenvalue weighted by Gasteiger charge is -2.42. The molecule has 5 rings (SSSR count). The Morgan fingerprint density at radius 1 is 1.13 bits per heavy atom. The molecule has 3 aliphatic heterocycles. The number of benzene rings is 2. The van der Waals surface area contributed by atoms with Gasteiger partial charge in [0.2, 0.25) is 6.29 Å². The highest BCUT2D eigenvalue weighted by Crippen LogP contribution is 2.47. The molecule has 0 aromatic heterocycles. The topological polar surface area (TPSA) is 32.3 Å². The first-order valence-corrected chi connectivity index (χ1v) is 10.6. The van der Waals surface area contributed by atoms with Crippen molar-refractivity contribution < 1.29 is 18.0 Å². The predicted molar refractivity (Wildman–Crippen MR) is 114 cm³/mol. The van der Waals surface area contributed by atoms with E-state index in [0.29, 0.717) is 10.9 Å². The van der Waals surface area contributed by atoms with E-state index >= 15 is 0 Å². The molecular formula is C22H21Cl2F3N2O. The van der Waals surface area contributed by atoms with Crippen LogP contribution in [0.4, 0.5) is 18.9 Å². The van der Waals surface area contributed by atoms with Gasteiger partial charge in [-0.1, -0.05) is 29.3 Å². The van der Waals surface area contributed by atoms with Gasteiger partial charge in [-0.3, -0.25) is 4.79 Å². The SMILES string of the molecule is Clc1ccc(-c2cc3c4c(c2)[C@@H]2CNC[C@@H]2CN4CCC3)c(Cl)c1.O=CC(F)(F)F. The normalized spacial score (nSPS) is 22.0.